The van der Waals surface area contributed by atoms with Crippen LogP contribution >= 0.6 is 22.7 Å². The Bertz CT molecular complexity index is 854. The van der Waals surface area contributed by atoms with Gasteiger partial charge in [-0.25, -0.2) is 4.98 Å². The molecular formula is C19H21N3O2S2. The molecule has 0 saturated heterocycles. The van der Waals surface area contributed by atoms with Crippen molar-refractivity contribution in [3.8, 4) is 0 Å². The van der Waals surface area contributed by atoms with Crippen LogP contribution in [-0.4, -0.2) is 29.4 Å². The molecule has 1 atom stereocenters. The number of fused-ring (bicyclic) bond motifs is 1. The number of aromatic nitrogens is 1. The zero-order valence-electron chi connectivity index (χ0n) is 14.7. The van der Waals surface area contributed by atoms with E-state index in [1.165, 1.54) is 11.3 Å². The summed E-state index contributed by atoms with van der Waals surface area (Å²) in [6.45, 7) is 4.34. The van der Waals surface area contributed by atoms with Crippen molar-refractivity contribution in [3.05, 3.63) is 51.7 Å². The first-order valence-electron chi connectivity index (χ1n) is 8.51. The molecule has 0 spiro atoms. The number of hydrogen-bond donors (Lipinski definition) is 2. The molecule has 0 saturated carbocycles. The number of thiazole rings is 1. The van der Waals surface area contributed by atoms with Crippen molar-refractivity contribution in [2.24, 2.45) is 5.92 Å². The summed E-state index contributed by atoms with van der Waals surface area (Å²) in [6.07, 6.45) is 0.675. The molecule has 26 heavy (non-hydrogen) atoms. The summed E-state index contributed by atoms with van der Waals surface area (Å²) < 4.78 is 1.15. The van der Waals surface area contributed by atoms with E-state index in [-0.39, 0.29) is 17.7 Å². The standard InChI is InChI=1S/C19H21N3O2S2/c1-12(2)17(22-18(23)15-8-5-11-25-15)19(24)20-10-9-16-21-13-6-3-4-7-14(13)26-16/h3-8,11-12,17H,9-10H2,1-2H3,(H,20,24)(H,22,23). The van der Waals surface area contributed by atoms with Crippen molar-refractivity contribution in [2.75, 3.05) is 6.54 Å². The predicted octanol–water partition coefficient (Wildman–Crippen LogP) is 3.47. The van der Waals surface area contributed by atoms with Crippen LogP contribution in [0.4, 0.5) is 0 Å². The minimum absolute atomic E-state index is 0.00126. The molecule has 1 aromatic carbocycles. The number of amides is 2. The summed E-state index contributed by atoms with van der Waals surface area (Å²) in [4.78, 5) is 29.9. The van der Waals surface area contributed by atoms with Gasteiger partial charge < -0.3 is 10.6 Å². The fourth-order valence-electron chi connectivity index (χ4n) is 2.58. The topological polar surface area (TPSA) is 71.1 Å². The third kappa shape index (κ3) is 4.47. The van der Waals surface area contributed by atoms with Gasteiger partial charge in [0.05, 0.1) is 20.1 Å². The quantitative estimate of drug-likeness (QED) is 0.652. The highest BCUT2D eigenvalue weighted by atomic mass is 32.1. The van der Waals surface area contributed by atoms with E-state index in [1.807, 2.05) is 49.6 Å². The molecule has 136 valence electrons. The first kappa shape index (κ1) is 18.5. The average Bonchev–Trinajstić information content (AvgIpc) is 3.28. The fourth-order valence-corrected chi connectivity index (χ4v) is 4.18. The second-order valence-electron chi connectivity index (χ2n) is 6.29. The highest BCUT2D eigenvalue weighted by Crippen LogP contribution is 2.21. The summed E-state index contributed by atoms with van der Waals surface area (Å²) in [6, 6.07) is 11.0. The maximum absolute atomic E-state index is 12.5. The molecule has 0 aliphatic heterocycles. The molecule has 0 aliphatic carbocycles. The molecule has 2 aromatic heterocycles. The highest BCUT2D eigenvalue weighted by molar-refractivity contribution is 7.18. The van der Waals surface area contributed by atoms with Crippen LogP contribution in [0.1, 0.15) is 28.5 Å². The van der Waals surface area contributed by atoms with Crippen LogP contribution in [0.15, 0.2) is 41.8 Å². The largest absolute Gasteiger partial charge is 0.354 e. The van der Waals surface area contributed by atoms with Gasteiger partial charge in [0.1, 0.15) is 6.04 Å². The van der Waals surface area contributed by atoms with Gasteiger partial charge in [0, 0.05) is 13.0 Å². The monoisotopic (exact) mass is 387 g/mol. The number of hydrogen-bond acceptors (Lipinski definition) is 5. The molecule has 2 N–H and O–H groups in total. The van der Waals surface area contributed by atoms with Crippen LogP contribution in [0.2, 0.25) is 0 Å². The predicted molar refractivity (Wildman–Crippen MR) is 107 cm³/mol. The average molecular weight is 388 g/mol. The smallest absolute Gasteiger partial charge is 0.262 e. The van der Waals surface area contributed by atoms with Crippen LogP contribution in [0.25, 0.3) is 10.2 Å². The van der Waals surface area contributed by atoms with Crippen molar-refractivity contribution in [1.82, 2.24) is 15.6 Å². The first-order valence-corrected chi connectivity index (χ1v) is 10.2. The van der Waals surface area contributed by atoms with E-state index in [2.05, 4.69) is 15.6 Å². The zero-order valence-corrected chi connectivity index (χ0v) is 16.3. The lowest BCUT2D eigenvalue weighted by Gasteiger charge is -2.21. The van der Waals surface area contributed by atoms with Crippen molar-refractivity contribution in [2.45, 2.75) is 26.3 Å². The maximum Gasteiger partial charge on any atom is 0.262 e. The molecule has 2 heterocycles. The van der Waals surface area contributed by atoms with Crippen LogP contribution in [0.5, 0.6) is 0 Å². The first-order chi connectivity index (χ1) is 12.5. The highest BCUT2D eigenvalue weighted by Gasteiger charge is 2.24. The molecule has 0 bridgehead atoms. The number of para-hydroxylation sites is 1. The van der Waals surface area contributed by atoms with E-state index in [4.69, 9.17) is 0 Å². The van der Waals surface area contributed by atoms with Gasteiger partial charge in [-0.2, -0.15) is 0 Å². The fraction of sp³-hybridized carbons (Fsp3) is 0.316. The number of carbonyl (C=O) groups excluding carboxylic acids is 2. The summed E-state index contributed by atoms with van der Waals surface area (Å²) in [5.74, 6) is -0.368. The lowest BCUT2D eigenvalue weighted by Crippen LogP contribution is -2.49. The number of nitrogens with zero attached hydrogens (tertiary/aromatic N) is 1. The molecular weight excluding hydrogens is 366 g/mol. The molecule has 3 rings (SSSR count). The number of carbonyl (C=O) groups is 2. The number of benzene rings is 1. The van der Waals surface area contributed by atoms with E-state index >= 15 is 0 Å². The van der Waals surface area contributed by atoms with Gasteiger partial charge in [-0.05, 0) is 29.5 Å². The van der Waals surface area contributed by atoms with Gasteiger partial charge in [-0.3, -0.25) is 9.59 Å². The van der Waals surface area contributed by atoms with Crippen molar-refractivity contribution in [1.29, 1.82) is 0 Å². The molecule has 0 aliphatic rings. The van der Waals surface area contributed by atoms with E-state index in [9.17, 15) is 9.59 Å². The van der Waals surface area contributed by atoms with Crippen LogP contribution in [-0.2, 0) is 11.2 Å². The van der Waals surface area contributed by atoms with E-state index in [0.29, 0.717) is 17.8 Å². The number of nitrogens with one attached hydrogen (secondary N) is 2. The van der Waals surface area contributed by atoms with Crippen LogP contribution in [0, 0.1) is 5.92 Å². The summed E-state index contributed by atoms with van der Waals surface area (Å²) in [5.41, 5.74) is 0.988. The summed E-state index contributed by atoms with van der Waals surface area (Å²) in [5, 5.41) is 8.60. The Morgan fingerprint density at radius 2 is 1.96 bits per heavy atom. The molecule has 3 aromatic rings. The third-order valence-corrected chi connectivity index (χ3v) is 5.92. The van der Waals surface area contributed by atoms with Crippen molar-refractivity contribution in [3.63, 3.8) is 0 Å². The van der Waals surface area contributed by atoms with Crippen molar-refractivity contribution < 1.29 is 9.59 Å². The molecule has 7 heteroatoms. The van der Waals surface area contributed by atoms with E-state index in [0.717, 1.165) is 15.2 Å². The van der Waals surface area contributed by atoms with Gasteiger partial charge in [-0.1, -0.05) is 32.0 Å². The second-order valence-corrected chi connectivity index (χ2v) is 8.35. The Kier molecular flexibility index (Phi) is 6.00. The molecule has 5 nitrogen and oxygen atoms in total. The molecule has 1 unspecified atom stereocenters. The SMILES string of the molecule is CC(C)C(NC(=O)c1cccs1)C(=O)NCCc1nc2ccccc2s1. The van der Waals surface area contributed by atoms with Crippen LogP contribution < -0.4 is 10.6 Å². The lowest BCUT2D eigenvalue weighted by atomic mass is 10.0. The van der Waals surface area contributed by atoms with Gasteiger partial charge in [0.15, 0.2) is 0 Å². The van der Waals surface area contributed by atoms with E-state index < -0.39 is 6.04 Å². The summed E-state index contributed by atoms with van der Waals surface area (Å²) in [7, 11) is 0. The van der Waals surface area contributed by atoms with Crippen LogP contribution in [0.3, 0.4) is 0 Å². The molecule has 0 fully saturated rings. The zero-order chi connectivity index (χ0) is 18.5. The Morgan fingerprint density at radius 1 is 1.15 bits per heavy atom. The van der Waals surface area contributed by atoms with Gasteiger partial charge in [0.25, 0.3) is 5.91 Å². The summed E-state index contributed by atoms with van der Waals surface area (Å²) >= 11 is 3.00. The van der Waals surface area contributed by atoms with Crippen molar-refractivity contribution >= 4 is 44.7 Å². The minimum Gasteiger partial charge on any atom is -0.354 e. The number of thiophene rings is 1. The normalized spacial score (nSPS) is 12.3. The van der Waals surface area contributed by atoms with E-state index in [1.54, 1.807) is 17.4 Å². The number of rotatable bonds is 7. The Balaban J connectivity index is 1.55. The molecule has 0 radical (unpaired) electrons. The molecule has 2 amide bonds. The van der Waals surface area contributed by atoms with Gasteiger partial charge in [0.2, 0.25) is 5.91 Å². The Hall–Kier alpha value is -2.25. The second kappa shape index (κ2) is 8.42. The van der Waals surface area contributed by atoms with Gasteiger partial charge >= 0.3 is 0 Å². The Morgan fingerprint density at radius 3 is 2.65 bits per heavy atom. The maximum atomic E-state index is 12.5. The minimum atomic E-state index is -0.556. The third-order valence-electron chi connectivity index (χ3n) is 3.96. The Labute approximate surface area is 160 Å². The lowest BCUT2D eigenvalue weighted by molar-refractivity contribution is -0.123. The van der Waals surface area contributed by atoms with Gasteiger partial charge in [-0.15, -0.1) is 22.7 Å².